The van der Waals surface area contributed by atoms with E-state index in [-0.39, 0.29) is 0 Å². The zero-order valence-electron chi connectivity index (χ0n) is 18.6. The summed E-state index contributed by atoms with van der Waals surface area (Å²) < 4.78 is 5.67. The third-order valence-corrected chi connectivity index (χ3v) is 7.79. The van der Waals surface area contributed by atoms with Crippen molar-refractivity contribution >= 4 is 22.7 Å². The van der Waals surface area contributed by atoms with Gasteiger partial charge >= 0.3 is 0 Å². The molecule has 2 saturated carbocycles. The molecular formula is C25H36N4O2. The molecule has 0 unspecified atom stereocenters. The van der Waals surface area contributed by atoms with Crippen molar-refractivity contribution < 1.29 is 9.21 Å². The van der Waals surface area contributed by atoms with Gasteiger partial charge in [-0.15, -0.1) is 0 Å². The maximum atomic E-state index is 12.2. The number of aromatic nitrogens is 1. The third kappa shape index (κ3) is 5.05. The molecule has 6 heteroatoms. The van der Waals surface area contributed by atoms with Crippen molar-refractivity contribution in [3.05, 3.63) is 24.6 Å². The minimum atomic E-state index is 0.297. The number of rotatable bonds is 7. The Morgan fingerprint density at radius 2 is 1.84 bits per heavy atom. The Hall–Kier alpha value is -2.08. The van der Waals surface area contributed by atoms with Crippen molar-refractivity contribution in [2.75, 3.05) is 37.6 Å². The van der Waals surface area contributed by atoms with Gasteiger partial charge in [0, 0.05) is 50.2 Å². The minimum Gasteiger partial charge on any atom is -0.460 e. The molecule has 1 N–H and O–H groups in total. The van der Waals surface area contributed by atoms with Gasteiger partial charge in [0.15, 0.2) is 11.4 Å². The molecule has 0 spiro atoms. The number of piperazine rings is 1. The molecule has 2 aromatic heterocycles. The summed E-state index contributed by atoms with van der Waals surface area (Å²) in [6.45, 7) is 5.38. The number of anilines is 1. The Kier molecular flexibility index (Phi) is 6.44. The number of furan rings is 1. The molecule has 3 aliphatic rings. The van der Waals surface area contributed by atoms with E-state index in [0.29, 0.717) is 17.9 Å². The van der Waals surface area contributed by atoms with Gasteiger partial charge in [-0.1, -0.05) is 6.42 Å². The molecule has 2 aliphatic carbocycles. The summed E-state index contributed by atoms with van der Waals surface area (Å²) in [5.41, 5.74) is 0.910. The lowest BCUT2D eigenvalue weighted by Crippen LogP contribution is -2.47. The molecule has 6 nitrogen and oxygen atoms in total. The van der Waals surface area contributed by atoms with Crippen LogP contribution in [0.1, 0.15) is 57.8 Å². The maximum absolute atomic E-state index is 12.2. The monoisotopic (exact) mass is 424 g/mol. The van der Waals surface area contributed by atoms with Gasteiger partial charge in [-0.25, -0.2) is 4.98 Å². The van der Waals surface area contributed by atoms with E-state index in [1.165, 1.54) is 45.1 Å². The van der Waals surface area contributed by atoms with E-state index in [1.54, 1.807) is 6.26 Å². The van der Waals surface area contributed by atoms with Crippen molar-refractivity contribution in [1.29, 1.82) is 0 Å². The average Bonchev–Trinajstić information content (AvgIpc) is 3.25. The van der Waals surface area contributed by atoms with Crippen molar-refractivity contribution in [2.45, 2.75) is 63.8 Å². The number of amides is 1. The summed E-state index contributed by atoms with van der Waals surface area (Å²) >= 11 is 0. The molecule has 0 radical (unpaired) electrons. The van der Waals surface area contributed by atoms with Gasteiger partial charge in [-0.05, 0) is 75.5 Å². The number of nitrogens with zero attached hydrogens (tertiary/aromatic N) is 3. The molecule has 3 heterocycles. The molecule has 1 saturated heterocycles. The Balaban J connectivity index is 1.00. The second kappa shape index (κ2) is 9.60. The van der Waals surface area contributed by atoms with Gasteiger partial charge in [0.1, 0.15) is 0 Å². The lowest BCUT2D eigenvalue weighted by atomic mass is 9.82. The fourth-order valence-corrected chi connectivity index (χ4v) is 5.49. The zero-order chi connectivity index (χ0) is 21.0. The lowest BCUT2D eigenvalue weighted by molar-refractivity contribution is -0.123. The number of pyridine rings is 1. The molecule has 31 heavy (non-hydrogen) atoms. The standard InChI is InChI=1S/C25H36N4O2/c30-23(18-20-2-1-3-20)27-22-6-4-19(5-7-22)9-12-28-13-15-29(16-14-28)25-24-21(8-11-26-25)10-17-31-24/h8,10-11,17,19-20,22H,1-7,9,12-16,18H2,(H,27,30)/t19-,22-. The highest BCUT2D eigenvalue weighted by atomic mass is 16.3. The van der Waals surface area contributed by atoms with Crippen LogP contribution in [0, 0.1) is 11.8 Å². The van der Waals surface area contributed by atoms with Crippen molar-refractivity contribution in [1.82, 2.24) is 15.2 Å². The van der Waals surface area contributed by atoms with Gasteiger partial charge in [0.05, 0.1) is 6.26 Å². The molecule has 0 atom stereocenters. The van der Waals surface area contributed by atoms with Gasteiger partial charge in [0.25, 0.3) is 0 Å². The van der Waals surface area contributed by atoms with Gasteiger partial charge in [-0.2, -0.15) is 0 Å². The van der Waals surface area contributed by atoms with Crippen LogP contribution in [0.2, 0.25) is 0 Å². The fourth-order valence-electron chi connectivity index (χ4n) is 5.49. The van der Waals surface area contributed by atoms with E-state index in [2.05, 4.69) is 20.1 Å². The number of carbonyl (C=O) groups is 1. The van der Waals surface area contributed by atoms with Crippen LogP contribution in [0.5, 0.6) is 0 Å². The predicted octanol–water partition coefficient (Wildman–Crippen LogP) is 4.21. The van der Waals surface area contributed by atoms with Gasteiger partial charge < -0.3 is 14.6 Å². The Morgan fingerprint density at radius 3 is 2.58 bits per heavy atom. The number of carbonyl (C=O) groups excluding carboxylic acids is 1. The summed E-state index contributed by atoms with van der Waals surface area (Å²) in [5.74, 6) is 2.77. The SMILES string of the molecule is O=C(CC1CCC1)N[C@H]1CC[C@H](CCN2CCN(c3nccc4ccoc34)CC2)CC1. The number of hydrogen-bond donors (Lipinski definition) is 1. The lowest BCUT2D eigenvalue weighted by Gasteiger charge is -2.36. The quantitative estimate of drug-likeness (QED) is 0.722. The summed E-state index contributed by atoms with van der Waals surface area (Å²) in [6, 6.07) is 4.43. The Bertz CT molecular complexity index is 861. The van der Waals surface area contributed by atoms with Crippen LogP contribution in [0.25, 0.3) is 11.0 Å². The second-order valence-electron chi connectivity index (χ2n) is 9.88. The Labute approximate surface area is 185 Å². The highest BCUT2D eigenvalue weighted by Crippen LogP contribution is 2.31. The first-order chi connectivity index (χ1) is 15.2. The largest absolute Gasteiger partial charge is 0.460 e. The van der Waals surface area contributed by atoms with E-state index in [9.17, 15) is 4.79 Å². The second-order valence-corrected chi connectivity index (χ2v) is 9.88. The van der Waals surface area contributed by atoms with E-state index in [4.69, 9.17) is 4.42 Å². The Morgan fingerprint density at radius 1 is 1.03 bits per heavy atom. The molecule has 1 aliphatic heterocycles. The van der Waals surface area contributed by atoms with Crippen LogP contribution in [0.4, 0.5) is 5.82 Å². The highest BCUT2D eigenvalue weighted by Gasteiger charge is 2.26. The van der Waals surface area contributed by atoms with Crippen LogP contribution in [0.3, 0.4) is 0 Å². The first kappa shape index (κ1) is 20.8. The first-order valence-corrected chi connectivity index (χ1v) is 12.3. The topological polar surface area (TPSA) is 61.6 Å². The average molecular weight is 425 g/mol. The van der Waals surface area contributed by atoms with Crippen molar-refractivity contribution in [2.24, 2.45) is 11.8 Å². The molecule has 5 rings (SSSR count). The van der Waals surface area contributed by atoms with E-state index in [1.807, 2.05) is 18.3 Å². The van der Waals surface area contributed by atoms with Crippen LogP contribution in [-0.4, -0.2) is 54.6 Å². The van der Waals surface area contributed by atoms with Crippen LogP contribution < -0.4 is 10.2 Å². The molecule has 0 aromatic carbocycles. The van der Waals surface area contributed by atoms with Gasteiger partial charge in [0.2, 0.25) is 5.91 Å². The van der Waals surface area contributed by atoms with E-state index < -0.39 is 0 Å². The highest BCUT2D eigenvalue weighted by molar-refractivity contribution is 5.87. The molecule has 3 fully saturated rings. The predicted molar refractivity (Wildman–Crippen MR) is 123 cm³/mol. The van der Waals surface area contributed by atoms with E-state index in [0.717, 1.165) is 68.1 Å². The van der Waals surface area contributed by atoms with Crippen LogP contribution in [0.15, 0.2) is 29.0 Å². The maximum Gasteiger partial charge on any atom is 0.220 e. The number of hydrogen-bond acceptors (Lipinski definition) is 5. The summed E-state index contributed by atoms with van der Waals surface area (Å²) in [4.78, 5) is 21.7. The number of nitrogens with one attached hydrogen (secondary N) is 1. The normalized spacial score (nSPS) is 25.5. The van der Waals surface area contributed by atoms with Crippen LogP contribution in [-0.2, 0) is 4.79 Å². The van der Waals surface area contributed by atoms with Gasteiger partial charge in [-0.3, -0.25) is 9.69 Å². The smallest absolute Gasteiger partial charge is 0.220 e. The zero-order valence-corrected chi connectivity index (χ0v) is 18.6. The molecule has 2 aromatic rings. The molecule has 0 bridgehead atoms. The summed E-state index contributed by atoms with van der Waals surface area (Å²) in [7, 11) is 0. The minimum absolute atomic E-state index is 0.297. The number of fused-ring (bicyclic) bond motifs is 1. The summed E-state index contributed by atoms with van der Waals surface area (Å²) in [6.07, 6.45) is 14.3. The van der Waals surface area contributed by atoms with Crippen LogP contribution >= 0.6 is 0 Å². The molecule has 168 valence electrons. The molecular weight excluding hydrogens is 388 g/mol. The third-order valence-electron chi connectivity index (χ3n) is 7.79. The van der Waals surface area contributed by atoms with Crippen molar-refractivity contribution in [3.8, 4) is 0 Å². The molecule has 1 amide bonds. The fraction of sp³-hybridized carbons (Fsp3) is 0.680. The van der Waals surface area contributed by atoms with Crippen molar-refractivity contribution in [3.63, 3.8) is 0 Å². The summed E-state index contributed by atoms with van der Waals surface area (Å²) in [5, 5.41) is 4.43. The first-order valence-electron chi connectivity index (χ1n) is 12.3. The van der Waals surface area contributed by atoms with E-state index >= 15 is 0 Å².